The Labute approximate surface area is 114 Å². The lowest BCUT2D eigenvalue weighted by atomic mass is 10.1. The normalized spacial score (nSPS) is 15.4. The molecule has 2 amide bonds. The van der Waals surface area contributed by atoms with E-state index in [9.17, 15) is 9.59 Å². The first-order valence-electron chi connectivity index (χ1n) is 6.34. The molecule has 20 heavy (non-hydrogen) atoms. The molecule has 2 aromatic heterocycles. The van der Waals surface area contributed by atoms with Gasteiger partial charge in [0.15, 0.2) is 17.8 Å². The Balaban J connectivity index is 1.78. The quantitative estimate of drug-likeness (QED) is 0.918. The second-order valence-electron chi connectivity index (χ2n) is 4.45. The van der Waals surface area contributed by atoms with Gasteiger partial charge in [-0.1, -0.05) is 0 Å². The average Bonchev–Trinajstić information content (AvgIpc) is 3.11. The molecular formula is C13H13N3O4. The highest BCUT2D eigenvalue weighted by molar-refractivity contribution is 5.98. The number of hydrogen-bond donors (Lipinski definition) is 1. The van der Waals surface area contributed by atoms with Gasteiger partial charge in [-0.05, 0) is 25.0 Å². The van der Waals surface area contributed by atoms with Crippen LogP contribution in [0.4, 0.5) is 0 Å². The Morgan fingerprint density at radius 3 is 3.00 bits per heavy atom. The van der Waals surface area contributed by atoms with Crippen LogP contribution in [0.5, 0.6) is 0 Å². The maximum Gasteiger partial charge on any atom is 0.292 e. The fraction of sp³-hybridized carbons (Fsp3) is 0.308. The summed E-state index contributed by atoms with van der Waals surface area (Å²) in [5.41, 5.74) is 2.65. The highest BCUT2D eigenvalue weighted by Gasteiger charge is 2.25. The van der Waals surface area contributed by atoms with Gasteiger partial charge in [0, 0.05) is 13.0 Å². The van der Waals surface area contributed by atoms with Crippen molar-refractivity contribution in [2.45, 2.75) is 19.3 Å². The predicted molar refractivity (Wildman–Crippen MR) is 67.2 cm³/mol. The standard InChI is InChI=1S/C13H13N3O4/c17-10-5-1-2-6-16(10)15-13(18)11-12(20-8-14-11)9-4-3-7-19-9/h3-4,7-8H,1-2,5-6H2,(H,15,18). The number of piperidine rings is 1. The van der Waals surface area contributed by atoms with Gasteiger partial charge in [0.1, 0.15) is 0 Å². The minimum absolute atomic E-state index is 0.0901. The van der Waals surface area contributed by atoms with Gasteiger partial charge < -0.3 is 8.83 Å². The van der Waals surface area contributed by atoms with E-state index in [0.29, 0.717) is 18.7 Å². The maximum absolute atomic E-state index is 12.2. The molecule has 104 valence electrons. The molecule has 1 aliphatic heterocycles. The van der Waals surface area contributed by atoms with Gasteiger partial charge in [-0.25, -0.2) is 4.98 Å². The largest absolute Gasteiger partial charge is 0.461 e. The second-order valence-corrected chi connectivity index (χ2v) is 4.45. The number of nitrogens with zero attached hydrogens (tertiary/aromatic N) is 2. The third kappa shape index (κ3) is 2.29. The Morgan fingerprint density at radius 2 is 2.25 bits per heavy atom. The van der Waals surface area contributed by atoms with Gasteiger partial charge in [0.05, 0.1) is 6.26 Å². The molecule has 0 aromatic carbocycles. The van der Waals surface area contributed by atoms with Crippen molar-refractivity contribution >= 4 is 11.8 Å². The molecule has 1 fully saturated rings. The van der Waals surface area contributed by atoms with Gasteiger partial charge in [0.2, 0.25) is 11.7 Å². The minimum Gasteiger partial charge on any atom is -0.461 e. The molecule has 3 rings (SSSR count). The number of carbonyl (C=O) groups is 2. The molecule has 7 nitrogen and oxygen atoms in total. The highest BCUT2D eigenvalue weighted by Crippen LogP contribution is 2.23. The third-order valence-corrected chi connectivity index (χ3v) is 3.09. The molecule has 0 aliphatic carbocycles. The average molecular weight is 275 g/mol. The van der Waals surface area contributed by atoms with E-state index in [-0.39, 0.29) is 17.4 Å². The SMILES string of the molecule is O=C(NN1CCCCC1=O)c1ncoc1-c1ccco1. The zero-order chi connectivity index (χ0) is 13.9. The second kappa shape index (κ2) is 5.20. The fourth-order valence-electron chi connectivity index (χ4n) is 2.09. The molecule has 1 saturated heterocycles. The molecular weight excluding hydrogens is 262 g/mol. The van der Waals surface area contributed by atoms with Gasteiger partial charge in [0.25, 0.3) is 5.91 Å². The van der Waals surface area contributed by atoms with E-state index in [2.05, 4.69) is 10.4 Å². The van der Waals surface area contributed by atoms with Gasteiger partial charge in [-0.2, -0.15) is 0 Å². The molecule has 0 radical (unpaired) electrons. The summed E-state index contributed by atoms with van der Waals surface area (Å²) >= 11 is 0. The summed E-state index contributed by atoms with van der Waals surface area (Å²) in [4.78, 5) is 27.7. The van der Waals surface area contributed by atoms with E-state index < -0.39 is 5.91 Å². The van der Waals surface area contributed by atoms with Crippen molar-refractivity contribution in [3.63, 3.8) is 0 Å². The van der Waals surface area contributed by atoms with Crippen molar-refractivity contribution in [1.29, 1.82) is 0 Å². The summed E-state index contributed by atoms with van der Waals surface area (Å²) in [6.07, 6.45) is 4.82. The van der Waals surface area contributed by atoms with Gasteiger partial charge in [-0.3, -0.25) is 20.0 Å². The molecule has 7 heteroatoms. The van der Waals surface area contributed by atoms with Crippen molar-refractivity contribution in [1.82, 2.24) is 15.4 Å². The third-order valence-electron chi connectivity index (χ3n) is 3.09. The molecule has 2 aromatic rings. The lowest BCUT2D eigenvalue weighted by molar-refractivity contribution is -0.135. The van der Waals surface area contributed by atoms with Crippen LogP contribution in [0.25, 0.3) is 11.5 Å². The van der Waals surface area contributed by atoms with Crippen molar-refractivity contribution in [3.05, 3.63) is 30.5 Å². The van der Waals surface area contributed by atoms with E-state index in [4.69, 9.17) is 8.83 Å². The fourth-order valence-corrected chi connectivity index (χ4v) is 2.09. The zero-order valence-corrected chi connectivity index (χ0v) is 10.7. The number of nitrogens with one attached hydrogen (secondary N) is 1. The number of aromatic nitrogens is 1. The molecule has 0 spiro atoms. The molecule has 0 bridgehead atoms. The van der Waals surface area contributed by atoms with Crippen LogP contribution < -0.4 is 5.43 Å². The summed E-state index contributed by atoms with van der Waals surface area (Å²) in [5, 5.41) is 1.33. The van der Waals surface area contributed by atoms with E-state index in [1.165, 1.54) is 17.7 Å². The first kappa shape index (κ1) is 12.5. The van der Waals surface area contributed by atoms with Crippen LogP contribution in [0, 0.1) is 0 Å². The summed E-state index contributed by atoms with van der Waals surface area (Å²) in [6, 6.07) is 3.36. The Hall–Kier alpha value is -2.57. The Kier molecular flexibility index (Phi) is 3.24. The molecule has 0 unspecified atom stereocenters. The van der Waals surface area contributed by atoms with Gasteiger partial charge in [-0.15, -0.1) is 0 Å². The topological polar surface area (TPSA) is 88.6 Å². The minimum atomic E-state index is -0.486. The van der Waals surface area contributed by atoms with Crippen LogP contribution in [0.15, 0.2) is 33.6 Å². The molecule has 0 atom stereocenters. The van der Waals surface area contributed by atoms with E-state index in [1.807, 2.05) is 0 Å². The monoisotopic (exact) mass is 275 g/mol. The number of hydrogen-bond acceptors (Lipinski definition) is 5. The van der Waals surface area contributed by atoms with Crippen LogP contribution in [-0.4, -0.2) is 28.4 Å². The summed E-state index contributed by atoms with van der Waals surface area (Å²) < 4.78 is 10.4. The van der Waals surface area contributed by atoms with Crippen LogP contribution in [0.2, 0.25) is 0 Å². The van der Waals surface area contributed by atoms with E-state index >= 15 is 0 Å². The van der Waals surface area contributed by atoms with E-state index in [1.54, 1.807) is 12.1 Å². The van der Waals surface area contributed by atoms with Crippen LogP contribution in [-0.2, 0) is 4.79 Å². The summed E-state index contributed by atoms with van der Waals surface area (Å²) in [7, 11) is 0. The molecule has 0 saturated carbocycles. The Morgan fingerprint density at radius 1 is 1.35 bits per heavy atom. The number of furan rings is 1. The van der Waals surface area contributed by atoms with Crippen LogP contribution in [0.1, 0.15) is 29.8 Å². The van der Waals surface area contributed by atoms with Crippen molar-refractivity contribution in [2.75, 3.05) is 6.54 Å². The lowest BCUT2D eigenvalue weighted by Gasteiger charge is -2.26. The lowest BCUT2D eigenvalue weighted by Crippen LogP contribution is -2.48. The molecule has 3 heterocycles. The number of carbonyl (C=O) groups excluding carboxylic acids is 2. The summed E-state index contributed by atoms with van der Waals surface area (Å²) in [6.45, 7) is 0.512. The van der Waals surface area contributed by atoms with Crippen molar-refractivity contribution < 1.29 is 18.4 Å². The van der Waals surface area contributed by atoms with Crippen molar-refractivity contribution in [2.24, 2.45) is 0 Å². The Bertz CT molecular complexity index is 617. The van der Waals surface area contributed by atoms with Gasteiger partial charge >= 0.3 is 0 Å². The zero-order valence-electron chi connectivity index (χ0n) is 10.7. The van der Waals surface area contributed by atoms with Crippen LogP contribution in [0.3, 0.4) is 0 Å². The number of amides is 2. The predicted octanol–water partition coefficient (Wildman–Crippen LogP) is 1.59. The molecule has 1 N–H and O–H groups in total. The first-order chi connectivity index (χ1) is 9.75. The number of hydrazine groups is 1. The van der Waals surface area contributed by atoms with Crippen molar-refractivity contribution in [3.8, 4) is 11.5 Å². The highest BCUT2D eigenvalue weighted by atomic mass is 16.4. The molecule has 1 aliphatic rings. The van der Waals surface area contributed by atoms with E-state index in [0.717, 1.165) is 12.8 Å². The number of rotatable bonds is 3. The maximum atomic E-state index is 12.2. The number of oxazole rings is 1. The smallest absolute Gasteiger partial charge is 0.292 e. The first-order valence-corrected chi connectivity index (χ1v) is 6.34. The summed E-state index contributed by atoms with van der Waals surface area (Å²) in [5.74, 6) is 0.0858. The van der Waals surface area contributed by atoms with Crippen LogP contribution >= 0.6 is 0 Å².